The molecule has 3 N–H and O–H groups in total. The fraction of sp³-hybridized carbons (Fsp3) is 0.944. The van der Waals surface area contributed by atoms with E-state index in [0.29, 0.717) is 31.6 Å². The highest BCUT2D eigenvalue weighted by Gasteiger charge is 2.30. The van der Waals surface area contributed by atoms with Gasteiger partial charge in [0, 0.05) is 25.7 Å². The molecule has 0 aromatic heterocycles. The highest BCUT2D eigenvalue weighted by Crippen LogP contribution is 2.45. The Morgan fingerprint density at radius 2 is 0.511 bits per heavy atom. The summed E-state index contributed by atoms with van der Waals surface area (Å²) in [6.45, 7) is 11.8. The molecular formula is C71H138O17P2. The number of aliphatic hydroxyl groups excluding tert-OH is 1. The second-order valence-corrected chi connectivity index (χ2v) is 30.0. The normalized spacial score (nSPS) is 14.2. The van der Waals surface area contributed by atoms with E-state index in [4.69, 9.17) is 37.0 Å². The summed E-state index contributed by atoms with van der Waals surface area (Å²) in [6, 6.07) is 0. The molecule has 0 aromatic carbocycles. The molecule has 2 unspecified atom stereocenters. The molecule has 0 bridgehead atoms. The van der Waals surface area contributed by atoms with Gasteiger partial charge in [0.2, 0.25) is 0 Å². The number of rotatable bonds is 69. The van der Waals surface area contributed by atoms with E-state index in [9.17, 15) is 43.2 Å². The summed E-state index contributed by atoms with van der Waals surface area (Å²) < 4.78 is 68.1. The van der Waals surface area contributed by atoms with Crippen LogP contribution in [-0.4, -0.2) is 96.7 Å². The number of phosphoric ester groups is 2. The third-order valence-corrected chi connectivity index (χ3v) is 18.3. The Balaban J connectivity index is 5.14. The van der Waals surface area contributed by atoms with E-state index in [2.05, 4.69) is 48.5 Å². The van der Waals surface area contributed by atoms with E-state index >= 15 is 0 Å². The third-order valence-electron chi connectivity index (χ3n) is 16.4. The van der Waals surface area contributed by atoms with Crippen molar-refractivity contribution in [1.82, 2.24) is 0 Å². The average Bonchev–Trinajstić information content (AvgIpc) is 3.42. The van der Waals surface area contributed by atoms with Gasteiger partial charge in [-0.2, -0.15) is 0 Å². The number of aliphatic hydroxyl groups is 1. The van der Waals surface area contributed by atoms with E-state index in [1.807, 2.05) is 0 Å². The molecular weight excluding hydrogens is 1190 g/mol. The molecule has 0 spiro atoms. The third kappa shape index (κ3) is 64.8. The molecule has 0 heterocycles. The zero-order valence-electron chi connectivity index (χ0n) is 58.6. The minimum atomic E-state index is -4.95. The largest absolute Gasteiger partial charge is 0.472 e. The SMILES string of the molecule is CCCCCCCC(=O)OC[C@H](COP(=O)(O)OC[C@H](O)COP(=O)(O)OC[C@@H](COC(=O)CCCCCCCCCCCCCCCC(C)C)OC(=O)CCCCCCCCCCCCCCCCCCC(C)C)OC(=O)CCCCCCCCCC(C)C. The Morgan fingerprint density at radius 1 is 0.300 bits per heavy atom. The Bertz CT molecular complexity index is 1770. The van der Waals surface area contributed by atoms with Gasteiger partial charge < -0.3 is 33.8 Å². The Morgan fingerprint density at radius 3 is 0.756 bits per heavy atom. The van der Waals surface area contributed by atoms with Crippen LogP contribution in [0.2, 0.25) is 0 Å². The number of phosphoric acid groups is 2. The highest BCUT2D eigenvalue weighted by atomic mass is 31.2. The van der Waals surface area contributed by atoms with E-state index in [1.54, 1.807) is 0 Å². The van der Waals surface area contributed by atoms with Crippen LogP contribution < -0.4 is 0 Å². The lowest BCUT2D eigenvalue weighted by Gasteiger charge is -2.21. The van der Waals surface area contributed by atoms with Crippen molar-refractivity contribution in [3.05, 3.63) is 0 Å². The number of ether oxygens (including phenoxy) is 4. The fourth-order valence-corrected chi connectivity index (χ4v) is 12.3. The summed E-state index contributed by atoms with van der Waals surface area (Å²) in [5, 5.41) is 10.6. The first kappa shape index (κ1) is 88.1. The molecule has 0 fully saturated rings. The molecule has 0 aliphatic heterocycles. The van der Waals surface area contributed by atoms with Crippen LogP contribution >= 0.6 is 15.6 Å². The van der Waals surface area contributed by atoms with Crippen LogP contribution in [0.4, 0.5) is 0 Å². The predicted molar refractivity (Wildman–Crippen MR) is 363 cm³/mol. The molecule has 17 nitrogen and oxygen atoms in total. The lowest BCUT2D eigenvalue weighted by molar-refractivity contribution is -0.161. The van der Waals surface area contributed by atoms with Crippen molar-refractivity contribution in [2.45, 2.75) is 375 Å². The predicted octanol–water partition coefficient (Wildman–Crippen LogP) is 20.2. The van der Waals surface area contributed by atoms with Gasteiger partial charge in [0.1, 0.15) is 19.3 Å². The molecule has 0 aromatic rings. The molecule has 5 atom stereocenters. The topological polar surface area (TPSA) is 237 Å². The van der Waals surface area contributed by atoms with Crippen LogP contribution in [-0.2, 0) is 65.4 Å². The number of unbranched alkanes of at least 4 members (excludes halogenated alkanes) is 37. The van der Waals surface area contributed by atoms with Crippen LogP contribution in [0.25, 0.3) is 0 Å². The van der Waals surface area contributed by atoms with Gasteiger partial charge in [-0.1, -0.05) is 305 Å². The second kappa shape index (κ2) is 61.9. The van der Waals surface area contributed by atoms with Crippen molar-refractivity contribution in [2.75, 3.05) is 39.6 Å². The smallest absolute Gasteiger partial charge is 0.462 e. The molecule has 19 heteroatoms. The van der Waals surface area contributed by atoms with Crippen LogP contribution in [0.5, 0.6) is 0 Å². The molecule has 0 saturated carbocycles. The maximum absolute atomic E-state index is 13.0. The monoisotopic (exact) mass is 1320 g/mol. The van der Waals surface area contributed by atoms with Gasteiger partial charge in [-0.3, -0.25) is 37.3 Å². The first-order valence-electron chi connectivity index (χ1n) is 36.8. The average molecular weight is 1330 g/mol. The summed E-state index contributed by atoms with van der Waals surface area (Å²) in [5.74, 6) is 0.158. The lowest BCUT2D eigenvalue weighted by atomic mass is 10.0. The van der Waals surface area contributed by atoms with Crippen LogP contribution in [0.3, 0.4) is 0 Å². The van der Waals surface area contributed by atoms with Crippen molar-refractivity contribution < 1.29 is 80.2 Å². The number of hydrogen-bond acceptors (Lipinski definition) is 15. The van der Waals surface area contributed by atoms with Crippen molar-refractivity contribution in [2.24, 2.45) is 17.8 Å². The maximum atomic E-state index is 13.0. The summed E-state index contributed by atoms with van der Waals surface area (Å²) in [4.78, 5) is 72.3. The summed E-state index contributed by atoms with van der Waals surface area (Å²) >= 11 is 0. The number of esters is 4. The summed E-state index contributed by atoms with van der Waals surface area (Å²) in [6.07, 6.45) is 46.4. The quantitative estimate of drug-likeness (QED) is 0.0222. The highest BCUT2D eigenvalue weighted by molar-refractivity contribution is 7.47. The molecule has 90 heavy (non-hydrogen) atoms. The molecule has 0 aliphatic carbocycles. The minimum absolute atomic E-state index is 0.102. The van der Waals surface area contributed by atoms with E-state index < -0.39 is 97.5 Å². The Kier molecular flexibility index (Phi) is 60.6. The first-order valence-corrected chi connectivity index (χ1v) is 39.8. The van der Waals surface area contributed by atoms with Crippen LogP contribution in [0.1, 0.15) is 357 Å². The van der Waals surface area contributed by atoms with Crippen LogP contribution in [0.15, 0.2) is 0 Å². The van der Waals surface area contributed by atoms with Crippen molar-refractivity contribution in [1.29, 1.82) is 0 Å². The van der Waals surface area contributed by atoms with Gasteiger partial charge in [0.25, 0.3) is 0 Å². The lowest BCUT2D eigenvalue weighted by Crippen LogP contribution is -2.30. The number of hydrogen-bond donors (Lipinski definition) is 3. The number of carbonyl (C=O) groups excluding carboxylic acids is 4. The van der Waals surface area contributed by atoms with Gasteiger partial charge >= 0.3 is 39.5 Å². The minimum Gasteiger partial charge on any atom is -0.462 e. The molecule has 0 saturated heterocycles. The molecule has 0 radical (unpaired) electrons. The van der Waals surface area contributed by atoms with E-state index in [1.165, 1.54) is 161 Å². The molecule has 0 aliphatic rings. The van der Waals surface area contributed by atoms with Crippen molar-refractivity contribution >= 4 is 39.5 Å². The number of carbonyl (C=O) groups is 4. The maximum Gasteiger partial charge on any atom is 0.472 e. The van der Waals surface area contributed by atoms with Crippen molar-refractivity contribution in [3.63, 3.8) is 0 Å². The van der Waals surface area contributed by atoms with Crippen molar-refractivity contribution in [3.8, 4) is 0 Å². The molecule has 0 rings (SSSR count). The van der Waals surface area contributed by atoms with Gasteiger partial charge in [-0.05, 0) is 43.4 Å². The summed E-state index contributed by atoms with van der Waals surface area (Å²) in [7, 11) is -9.89. The standard InChI is InChI=1S/C71H138O17P2/c1-8-9-10-35-45-52-68(73)81-58-66(87-71(76)55-48-41-34-28-31-38-44-51-64(6)7)60-85-89(77,78)83-56-65(72)57-84-90(79,80)86-61-67(59-82-69(74)53-46-39-32-26-22-19-15-17-21-25-30-37-43-50-63(4)5)88-70(75)54-47-40-33-27-23-18-14-12-11-13-16-20-24-29-36-42-49-62(2)3/h62-67,72H,8-61H2,1-7H3,(H,77,78)(H,79,80)/t65-,66+,67+/m0/s1. The Hall–Kier alpha value is -1.94. The van der Waals surface area contributed by atoms with E-state index in [-0.39, 0.29) is 25.7 Å². The molecule has 534 valence electrons. The summed E-state index contributed by atoms with van der Waals surface area (Å²) in [5.41, 5.74) is 0. The fourth-order valence-electron chi connectivity index (χ4n) is 10.7. The second-order valence-electron chi connectivity index (χ2n) is 27.1. The Labute approximate surface area is 549 Å². The van der Waals surface area contributed by atoms with E-state index in [0.717, 1.165) is 108 Å². The van der Waals surface area contributed by atoms with Gasteiger partial charge in [0.15, 0.2) is 12.2 Å². The zero-order chi connectivity index (χ0) is 66.6. The molecule has 0 amide bonds. The van der Waals surface area contributed by atoms with Gasteiger partial charge in [-0.25, -0.2) is 9.13 Å². The first-order chi connectivity index (χ1) is 43.2. The zero-order valence-corrected chi connectivity index (χ0v) is 60.4. The van der Waals surface area contributed by atoms with Gasteiger partial charge in [-0.15, -0.1) is 0 Å². The van der Waals surface area contributed by atoms with Gasteiger partial charge in [0.05, 0.1) is 26.4 Å². The van der Waals surface area contributed by atoms with Crippen LogP contribution in [0, 0.1) is 17.8 Å².